The highest BCUT2D eigenvalue weighted by atomic mass is 16.5. The van der Waals surface area contributed by atoms with E-state index in [1.165, 1.54) is 10.9 Å². The molecule has 84 valence electrons. The zero-order chi connectivity index (χ0) is 11.3. The molecular formula is C10H16N2O3. The second-order valence-electron chi connectivity index (χ2n) is 3.37. The van der Waals surface area contributed by atoms with Crippen molar-refractivity contribution in [2.45, 2.75) is 26.4 Å². The fourth-order valence-electron chi connectivity index (χ4n) is 1.23. The van der Waals surface area contributed by atoms with Crippen molar-refractivity contribution in [3.8, 4) is 0 Å². The number of rotatable bonds is 6. The Morgan fingerprint density at radius 1 is 1.67 bits per heavy atom. The lowest BCUT2D eigenvalue weighted by Crippen LogP contribution is -2.03. The fraction of sp³-hybridized carbons (Fsp3) is 0.600. The molecule has 0 bridgehead atoms. The van der Waals surface area contributed by atoms with Crippen LogP contribution in [-0.2, 0) is 18.4 Å². The maximum Gasteiger partial charge on any atom is 0.339 e. The quantitative estimate of drug-likeness (QED) is 0.724. The van der Waals surface area contributed by atoms with Gasteiger partial charge >= 0.3 is 5.97 Å². The van der Waals surface area contributed by atoms with Crippen LogP contribution in [-0.4, -0.2) is 27.5 Å². The molecule has 0 unspecified atom stereocenters. The molecular weight excluding hydrogens is 196 g/mol. The lowest BCUT2D eigenvalue weighted by molar-refractivity contribution is 0.0686. The van der Waals surface area contributed by atoms with E-state index in [2.05, 4.69) is 12.0 Å². The van der Waals surface area contributed by atoms with Gasteiger partial charge in [-0.1, -0.05) is 13.3 Å². The van der Waals surface area contributed by atoms with Gasteiger partial charge in [-0.25, -0.2) is 4.79 Å². The Balaban J connectivity index is 2.55. The molecule has 1 rings (SSSR count). The van der Waals surface area contributed by atoms with Crippen LogP contribution in [0.25, 0.3) is 0 Å². The second-order valence-corrected chi connectivity index (χ2v) is 3.37. The van der Waals surface area contributed by atoms with Crippen molar-refractivity contribution in [1.29, 1.82) is 0 Å². The van der Waals surface area contributed by atoms with Gasteiger partial charge in [0.15, 0.2) is 0 Å². The van der Waals surface area contributed by atoms with Crippen molar-refractivity contribution < 1.29 is 14.6 Å². The van der Waals surface area contributed by atoms with E-state index in [4.69, 9.17) is 9.84 Å². The molecule has 0 amide bonds. The summed E-state index contributed by atoms with van der Waals surface area (Å²) in [7, 11) is 1.70. The maximum atomic E-state index is 10.8. The van der Waals surface area contributed by atoms with E-state index in [-0.39, 0.29) is 12.2 Å². The fourth-order valence-corrected chi connectivity index (χ4v) is 1.23. The number of carbonyl (C=O) groups is 1. The monoisotopic (exact) mass is 212 g/mol. The molecule has 1 heterocycles. The average Bonchev–Trinajstić information content (AvgIpc) is 2.55. The van der Waals surface area contributed by atoms with Crippen LogP contribution in [0.1, 0.15) is 35.8 Å². The number of carboxylic acid groups (broad SMARTS) is 1. The summed E-state index contributed by atoms with van der Waals surface area (Å²) in [6, 6.07) is 0. The van der Waals surface area contributed by atoms with E-state index in [1.54, 1.807) is 7.05 Å². The molecule has 15 heavy (non-hydrogen) atoms. The Kier molecular flexibility index (Phi) is 4.30. The summed E-state index contributed by atoms with van der Waals surface area (Å²) in [4.78, 5) is 10.8. The SMILES string of the molecule is CCCCOCc1nn(C)cc1C(=O)O. The van der Waals surface area contributed by atoms with Gasteiger partial charge in [-0.2, -0.15) is 5.10 Å². The summed E-state index contributed by atoms with van der Waals surface area (Å²) in [5.74, 6) is -0.961. The zero-order valence-electron chi connectivity index (χ0n) is 9.06. The number of hydrogen-bond acceptors (Lipinski definition) is 3. The number of unbranched alkanes of at least 4 members (excludes halogenated alkanes) is 1. The highest BCUT2D eigenvalue weighted by molar-refractivity contribution is 5.88. The third-order valence-electron chi connectivity index (χ3n) is 2.02. The molecule has 0 atom stereocenters. The largest absolute Gasteiger partial charge is 0.478 e. The maximum absolute atomic E-state index is 10.8. The predicted octanol–water partition coefficient (Wildman–Crippen LogP) is 1.44. The van der Waals surface area contributed by atoms with Crippen molar-refractivity contribution in [2.75, 3.05) is 6.61 Å². The predicted molar refractivity (Wildman–Crippen MR) is 54.7 cm³/mol. The van der Waals surface area contributed by atoms with E-state index in [9.17, 15) is 4.79 Å². The molecule has 0 aromatic carbocycles. The molecule has 5 nitrogen and oxygen atoms in total. The minimum Gasteiger partial charge on any atom is -0.478 e. The molecule has 5 heteroatoms. The summed E-state index contributed by atoms with van der Waals surface area (Å²) in [5.41, 5.74) is 0.704. The van der Waals surface area contributed by atoms with Crippen LogP contribution in [0.15, 0.2) is 6.20 Å². The highest BCUT2D eigenvalue weighted by Crippen LogP contribution is 2.08. The molecule has 0 radical (unpaired) electrons. The first-order chi connectivity index (χ1) is 7.15. The van der Waals surface area contributed by atoms with Crippen molar-refractivity contribution in [3.63, 3.8) is 0 Å². The van der Waals surface area contributed by atoms with E-state index >= 15 is 0 Å². The van der Waals surface area contributed by atoms with Gasteiger partial charge in [-0.3, -0.25) is 4.68 Å². The summed E-state index contributed by atoms with van der Waals surface area (Å²) in [6.45, 7) is 2.99. The Morgan fingerprint density at radius 2 is 2.40 bits per heavy atom. The van der Waals surface area contributed by atoms with Gasteiger partial charge in [-0.15, -0.1) is 0 Å². The number of aryl methyl sites for hydroxylation is 1. The van der Waals surface area contributed by atoms with Crippen LogP contribution in [0, 0.1) is 0 Å². The van der Waals surface area contributed by atoms with Crippen molar-refractivity contribution in [3.05, 3.63) is 17.5 Å². The van der Waals surface area contributed by atoms with Gasteiger partial charge in [0, 0.05) is 19.9 Å². The summed E-state index contributed by atoms with van der Waals surface area (Å²) in [5, 5.41) is 12.9. The number of ether oxygens (including phenoxy) is 1. The number of aromatic nitrogens is 2. The van der Waals surface area contributed by atoms with Gasteiger partial charge in [0.1, 0.15) is 11.3 Å². The van der Waals surface area contributed by atoms with Crippen LogP contribution in [0.5, 0.6) is 0 Å². The summed E-state index contributed by atoms with van der Waals surface area (Å²) < 4.78 is 6.81. The topological polar surface area (TPSA) is 64.4 Å². The van der Waals surface area contributed by atoms with Gasteiger partial charge in [0.25, 0.3) is 0 Å². The molecule has 1 aromatic rings. The van der Waals surface area contributed by atoms with Crippen LogP contribution in [0.4, 0.5) is 0 Å². The van der Waals surface area contributed by atoms with Crippen molar-refractivity contribution in [2.24, 2.45) is 7.05 Å². The minimum atomic E-state index is -0.961. The molecule has 1 aromatic heterocycles. The summed E-state index contributed by atoms with van der Waals surface area (Å²) >= 11 is 0. The van der Waals surface area contributed by atoms with Crippen molar-refractivity contribution >= 4 is 5.97 Å². The smallest absolute Gasteiger partial charge is 0.339 e. The first-order valence-corrected chi connectivity index (χ1v) is 4.98. The molecule has 1 N–H and O–H groups in total. The normalized spacial score (nSPS) is 10.5. The molecule has 0 aliphatic carbocycles. The van der Waals surface area contributed by atoms with Gasteiger partial charge in [0.05, 0.1) is 6.61 Å². The average molecular weight is 212 g/mol. The Hall–Kier alpha value is -1.36. The number of carboxylic acids is 1. The molecule has 0 aliphatic heterocycles. The lowest BCUT2D eigenvalue weighted by atomic mass is 10.2. The van der Waals surface area contributed by atoms with E-state index in [0.717, 1.165) is 12.8 Å². The van der Waals surface area contributed by atoms with Gasteiger partial charge in [0.2, 0.25) is 0 Å². The Bertz CT molecular complexity index is 333. The molecule has 0 aliphatic rings. The molecule has 0 saturated heterocycles. The first-order valence-electron chi connectivity index (χ1n) is 4.98. The molecule has 0 saturated carbocycles. The van der Waals surface area contributed by atoms with Crippen LogP contribution in [0.2, 0.25) is 0 Å². The zero-order valence-corrected chi connectivity index (χ0v) is 9.06. The van der Waals surface area contributed by atoms with Gasteiger partial charge in [-0.05, 0) is 6.42 Å². The number of hydrogen-bond donors (Lipinski definition) is 1. The Morgan fingerprint density at radius 3 is 3.00 bits per heavy atom. The minimum absolute atomic E-state index is 0.217. The van der Waals surface area contributed by atoms with E-state index < -0.39 is 5.97 Å². The van der Waals surface area contributed by atoms with Gasteiger partial charge < -0.3 is 9.84 Å². The lowest BCUT2D eigenvalue weighted by Gasteiger charge is -2.01. The van der Waals surface area contributed by atoms with Crippen LogP contribution < -0.4 is 0 Å². The number of nitrogens with zero attached hydrogens (tertiary/aromatic N) is 2. The number of aromatic carboxylic acids is 1. The summed E-state index contributed by atoms with van der Waals surface area (Å²) in [6.07, 6.45) is 3.53. The molecule has 0 spiro atoms. The standard InChI is InChI=1S/C10H16N2O3/c1-3-4-5-15-7-9-8(10(13)14)6-12(2)11-9/h6H,3-5,7H2,1-2H3,(H,13,14). The highest BCUT2D eigenvalue weighted by Gasteiger charge is 2.13. The van der Waals surface area contributed by atoms with E-state index in [0.29, 0.717) is 12.3 Å². The van der Waals surface area contributed by atoms with Crippen LogP contribution in [0.3, 0.4) is 0 Å². The van der Waals surface area contributed by atoms with Crippen molar-refractivity contribution in [1.82, 2.24) is 9.78 Å². The first kappa shape index (κ1) is 11.7. The third kappa shape index (κ3) is 3.36. The van der Waals surface area contributed by atoms with Crippen LogP contribution >= 0.6 is 0 Å². The molecule has 0 fully saturated rings. The second kappa shape index (κ2) is 5.50. The third-order valence-corrected chi connectivity index (χ3v) is 2.02. The van der Waals surface area contributed by atoms with E-state index in [1.807, 2.05) is 0 Å². The Labute approximate surface area is 88.7 Å².